The number of pyridine rings is 1. The van der Waals surface area contributed by atoms with E-state index in [4.69, 9.17) is 4.74 Å². The van der Waals surface area contributed by atoms with Crippen molar-refractivity contribution in [2.24, 2.45) is 0 Å². The van der Waals surface area contributed by atoms with Gasteiger partial charge in [-0.3, -0.25) is 14.2 Å². The number of ether oxygens (including phenoxy) is 1. The normalized spacial score (nSPS) is 11.0. The number of aromatic nitrogens is 2. The number of carbonyl (C=O) groups is 2. The van der Waals surface area contributed by atoms with Crippen LogP contribution in [0.2, 0.25) is 0 Å². The van der Waals surface area contributed by atoms with E-state index >= 15 is 0 Å². The summed E-state index contributed by atoms with van der Waals surface area (Å²) < 4.78 is 48.7. The number of thiazole rings is 1. The predicted octanol–water partition coefficient (Wildman–Crippen LogP) is 4.67. The average molecular weight is 487 g/mol. The Hall–Kier alpha value is -3.99. The molecule has 0 aliphatic carbocycles. The summed E-state index contributed by atoms with van der Waals surface area (Å²) in [7, 11) is 0. The van der Waals surface area contributed by atoms with Crippen molar-refractivity contribution < 1.29 is 27.5 Å². The summed E-state index contributed by atoms with van der Waals surface area (Å²) in [5, 5.41) is 3.84. The molecule has 2 aromatic heterocycles. The molecule has 4 rings (SSSR count). The van der Waals surface area contributed by atoms with Gasteiger partial charge in [-0.15, -0.1) is 11.3 Å². The van der Waals surface area contributed by atoms with Crippen molar-refractivity contribution >= 4 is 39.8 Å². The van der Waals surface area contributed by atoms with Gasteiger partial charge in [-0.2, -0.15) is 0 Å². The van der Waals surface area contributed by atoms with Crippen LogP contribution in [0, 0.1) is 17.5 Å². The summed E-state index contributed by atoms with van der Waals surface area (Å²) in [4.78, 5) is 40.7. The minimum atomic E-state index is -1.75. The molecule has 0 aliphatic heterocycles. The highest BCUT2D eigenvalue weighted by Crippen LogP contribution is 2.29. The topological polar surface area (TPSA) is 90.3 Å². The highest BCUT2D eigenvalue weighted by Gasteiger charge is 2.24. The molecule has 0 radical (unpaired) electrons. The van der Waals surface area contributed by atoms with Crippen LogP contribution in [0.4, 0.5) is 18.9 Å². The average Bonchev–Trinajstić information content (AvgIpc) is 3.28. The number of carbonyl (C=O) groups excluding carboxylic acids is 2. The molecule has 0 saturated heterocycles. The third-order valence-electron chi connectivity index (χ3n) is 4.82. The third kappa shape index (κ3) is 4.17. The molecule has 0 atom stereocenters. The molecule has 1 amide bonds. The molecule has 2 heterocycles. The SMILES string of the molecule is CCOC(=O)c1cn(-c2nc(-c3ccc(NC(C)=O)cc3)cs2)c2c(F)c(F)c(F)cc2c1=O. The minimum Gasteiger partial charge on any atom is -0.462 e. The predicted molar refractivity (Wildman–Crippen MR) is 121 cm³/mol. The van der Waals surface area contributed by atoms with Gasteiger partial charge in [-0.05, 0) is 25.1 Å². The Morgan fingerprint density at radius 1 is 1.15 bits per heavy atom. The number of benzene rings is 2. The fourth-order valence-corrected chi connectivity index (χ4v) is 4.15. The van der Waals surface area contributed by atoms with E-state index in [2.05, 4.69) is 10.3 Å². The second-order valence-corrected chi connectivity index (χ2v) is 7.96. The number of anilines is 1. The lowest BCUT2D eigenvalue weighted by atomic mass is 10.1. The summed E-state index contributed by atoms with van der Waals surface area (Å²) in [6.07, 6.45) is 1.01. The van der Waals surface area contributed by atoms with E-state index in [1.54, 1.807) is 29.6 Å². The van der Waals surface area contributed by atoms with Crippen molar-refractivity contribution in [3.05, 3.63) is 75.1 Å². The third-order valence-corrected chi connectivity index (χ3v) is 5.66. The van der Waals surface area contributed by atoms with Crippen molar-refractivity contribution in [2.45, 2.75) is 13.8 Å². The Balaban J connectivity index is 1.89. The maximum atomic E-state index is 14.8. The Morgan fingerprint density at radius 3 is 2.50 bits per heavy atom. The number of rotatable bonds is 5. The first-order valence-corrected chi connectivity index (χ1v) is 10.8. The van der Waals surface area contributed by atoms with E-state index in [0.29, 0.717) is 23.0 Å². The fraction of sp³-hybridized carbons (Fsp3) is 0.130. The molecule has 2 aromatic carbocycles. The largest absolute Gasteiger partial charge is 0.462 e. The summed E-state index contributed by atoms with van der Waals surface area (Å²) in [5.41, 5.74) is -0.327. The van der Waals surface area contributed by atoms with Gasteiger partial charge < -0.3 is 10.1 Å². The maximum absolute atomic E-state index is 14.8. The molecule has 4 aromatic rings. The van der Waals surface area contributed by atoms with Crippen LogP contribution in [0.25, 0.3) is 27.3 Å². The van der Waals surface area contributed by atoms with Crippen LogP contribution in [0.1, 0.15) is 24.2 Å². The number of esters is 1. The molecule has 174 valence electrons. The first-order chi connectivity index (χ1) is 16.2. The summed E-state index contributed by atoms with van der Waals surface area (Å²) in [6.45, 7) is 2.89. The Bertz CT molecular complexity index is 1500. The fourth-order valence-electron chi connectivity index (χ4n) is 3.33. The molecule has 0 fully saturated rings. The molecule has 7 nitrogen and oxygen atoms in total. The molecule has 0 aliphatic rings. The van der Waals surface area contributed by atoms with Crippen LogP contribution in [-0.2, 0) is 9.53 Å². The second-order valence-electron chi connectivity index (χ2n) is 7.12. The van der Waals surface area contributed by atoms with E-state index in [9.17, 15) is 27.6 Å². The minimum absolute atomic E-state index is 0.0294. The molecule has 0 saturated carbocycles. The zero-order chi connectivity index (χ0) is 24.6. The van der Waals surface area contributed by atoms with Crippen LogP contribution in [0.15, 0.2) is 46.7 Å². The van der Waals surface area contributed by atoms with Crippen molar-refractivity contribution in [3.8, 4) is 16.4 Å². The van der Waals surface area contributed by atoms with E-state index in [1.165, 1.54) is 13.8 Å². The molecule has 1 N–H and O–H groups in total. The monoisotopic (exact) mass is 487 g/mol. The van der Waals surface area contributed by atoms with Crippen LogP contribution in [-0.4, -0.2) is 28.0 Å². The molecular weight excluding hydrogens is 471 g/mol. The second kappa shape index (κ2) is 9.10. The maximum Gasteiger partial charge on any atom is 0.343 e. The number of amides is 1. The van der Waals surface area contributed by atoms with Gasteiger partial charge in [0.15, 0.2) is 22.6 Å². The van der Waals surface area contributed by atoms with Gasteiger partial charge >= 0.3 is 5.97 Å². The van der Waals surface area contributed by atoms with Crippen molar-refractivity contribution in [3.63, 3.8) is 0 Å². The highest BCUT2D eigenvalue weighted by molar-refractivity contribution is 7.12. The van der Waals surface area contributed by atoms with Crippen LogP contribution in [0.3, 0.4) is 0 Å². The Kier molecular flexibility index (Phi) is 6.20. The van der Waals surface area contributed by atoms with Crippen LogP contribution >= 0.6 is 11.3 Å². The molecule has 34 heavy (non-hydrogen) atoms. The van der Waals surface area contributed by atoms with Crippen molar-refractivity contribution in [2.75, 3.05) is 11.9 Å². The molecule has 0 bridgehead atoms. The van der Waals surface area contributed by atoms with Crippen LogP contribution in [0.5, 0.6) is 0 Å². The molecule has 0 unspecified atom stereocenters. The lowest BCUT2D eigenvalue weighted by molar-refractivity contribution is -0.114. The van der Waals surface area contributed by atoms with E-state index in [1.807, 2.05) is 0 Å². The number of hydrogen-bond acceptors (Lipinski definition) is 6. The highest BCUT2D eigenvalue weighted by atomic mass is 32.1. The zero-order valence-corrected chi connectivity index (χ0v) is 18.6. The van der Waals surface area contributed by atoms with Crippen molar-refractivity contribution in [1.82, 2.24) is 9.55 Å². The Morgan fingerprint density at radius 2 is 1.85 bits per heavy atom. The zero-order valence-electron chi connectivity index (χ0n) is 17.8. The lowest BCUT2D eigenvalue weighted by Gasteiger charge is -2.12. The number of halogens is 3. The smallest absolute Gasteiger partial charge is 0.343 e. The summed E-state index contributed by atoms with van der Waals surface area (Å²) in [5.74, 6) is -6.11. The van der Waals surface area contributed by atoms with Gasteiger partial charge in [0.05, 0.1) is 23.2 Å². The first-order valence-electron chi connectivity index (χ1n) is 9.95. The quantitative estimate of drug-likeness (QED) is 0.327. The number of fused-ring (bicyclic) bond motifs is 1. The van der Waals surface area contributed by atoms with Gasteiger partial charge in [0.25, 0.3) is 0 Å². The van der Waals surface area contributed by atoms with Gasteiger partial charge in [-0.25, -0.2) is 22.9 Å². The lowest BCUT2D eigenvalue weighted by Crippen LogP contribution is -2.21. The van der Waals surface area contributed by atoms with E-state index in [0.717, 1.165) is 22.1 Å². The van der Waals surface area contributed by atoms with Gasteiger partial charge in [0, 0.05) is 29.8 Å². The summed E-state index contributed by atoms with van der Waals surface area (Å²) >= 11 is 1.03. The van der Waals surface area contributed by atoms with Gasteiger partial charge in [0.1, 0.15) is 5.56 Å². The number of nitrogens with one attached hydrogen (secondary N) is 1. The number of hydrogen-bond donors (Lipinski definition) is 1. The van der Waals surface area contributed by atoms with Crippen molar-refractivity contribution in [1.29, 1.82) is 0 Å². The summed E-state index contributed by atoms with van der Waals surface area (Å²) in [6, 6.07) is 7.29. The standard InChI is InChI=1S/C23H16F3N3O4S/c1-3-33-22(32)15-9-29(20-14(21(15)31)8-16(24)18(25)19(20)26)23-28-17(10-34-23)12-4-6-13(7-5-12)27-11(2)30/h4-10H,3H2,1-2H3,(H,27,30). The van der Waals surface area contributed by atoms with Crippen LogP contribution < -0.4 is 10.7 Å². The molecule has 0 spiro atoms. The molecular formula is C23H16F3N3O4S. The van der Waals surface area contributed by atoms with E-state index in [-0.39, 0.29) is 17.6 Å². The first kappa shape index (κ1) is 23.2. The molecule has 11 heteroatoms. The van der Waals surface area contributed by atoms with E-state index < -0.39 is 45.3 Å². The Labute approximate surface area is 194 Å². The van der Waals surface area contributed by atoms with Gasteiger partial charge in [0.2, 0.25) is 11.3 Å². The number of nitrogens with zero attached hydrogens (tertiary/aromatic N) is 2. The van der Waals surface area contributed by atoms with Gasteiger partial charge in [-0.1, -0.05) is 12.1 Å².